The number of halogens is 2. The average Bonchev–Trinajstić information content (AvgIpc) is 3.54. The fraction of sp³-hybridized carbons (Fsp3) is 0.0645. The summed E-state index contributed by atoms with van der Waals surface area (Å²) in [7, 11) is 0. The number of hydrogen-bond acceptors (Lipinski definition) is 0. The molecule has 0 aromatic heterocycles. The van der Waals surface area contributed by atoms with E-state index in [1.54, 1.807) is 0 Å². The molecule has 0 radical (unpaired) electrons. The third-order valence-corrected chi connectivity index (χ3v) is 31.7. The van der Waals surface area contributed by atoms with Gasteiger partial charge in [0.15, 0.2) is 0 Å². The Balaban J connectivity index is 0.00000137. The van der Waals surface area contributed by atoms with Gasteiger partial charge in [0.1, 0.15) is 0 Å². The summed E-state index contributed by atoms with van der Waals surface area (Å²) in [5.41, 5.74) is 5.69. The Kier molecular flexibility index (Phi) is 6.84. The van der Waals surface area contributed by atoms with Crippen LogP contribution in [0.4, 0.5) is 0 Å². The second-order valence-electron chi connectivity index (χ2n) is 9.18. The van der Waals surface area contributed by atoms with Gasteiger partial charge in [0.05, 0.1) is 0 Å². The van der Waals surface area contributed by atoms with Crippen LogP contribution in [0, 0.1) is 0 Å². The number of allylic oxidation sites excluding steroid dienone is 4. The predicted octanol–water partition coefficient (Wildman–Crippen LogP) is 6.34. The van der Waals surface area contributed by atoms with E-state index in [9.17, 15) is 0 Å². The van der Waals surface area contributed by atoms with E-state index in [1.165, 1.54) is 35.5 Å². The molecule has 0 heterocycles. The number of benzene rings is 4. The van der Waals surface area contributed by atoms with Crippen LogP contribution in [0.2, 0.25) is 0 Å². The Labute approximate surface area is 215 Å². The van der Waals surface area contributed by atoms with Crippen molar-refractivity contribution < 1.29 is 18.0 Å². The quantitative estimate of drug-likeness (QED) is 0.199. The number of hydrogen-bond donors (Lipinski definition) is 0. The van der Waals surface area contributed by atoms with Crippen molar-refractivity contribution in [3.8, 4) is 11.1 Å². The molecule has 0 aliphatic heterocycles. The molecular formula is C31H28Cl2Hf. The molecule has 3 heteroatoms. The van der Waals surface area contributed by atoms with E-state index in [2.05, 4.69) is 121 Å². The minimum absolute atomic E-state index is 0. The fourth-order valence-electron chi connectivity index (χ4n) is 6.16. The van der Waals surface area contributed by atoms with E-state index in [0.29, 0.717) is 0 Å². The fourth-order valence-corrected chi connectivity index (χ4v) is 28.7. The zero-order valence-corrected chi connectivity index (χ0v) is 24.2. The van der Waals surface area contributed by atoms with Gasteiger partial charge in [0, 0.05) is 0 Å². The van der Waals surface area contributed by atoms with Gasteiger partial charge in [-0.05, 0) is 0 Å². The molecule has 0 saturated carbocycles. The summed E-state index contributed by atoms with van der Waals surface area (Å²) in [6.45, 7) is 0. The minimum atomic E-state index is -4.59. The van der Waals surface area contributed by atoms with Gasteiger partial charge in [0.25, 0.3) is 0 Å². The average molecular weight is 650 g/mol. The summed E-state index contributed by atoms with van der Waals surface area (Å²) in [5.74, 6) is 0. The molecule has 0 nitrogen and oxygen atoms in total. The van der Waals surface area contributed by atoms with Crippen LogP contribution in [-0.2, 0) is 24.4 Å². The molecule has 0 N–H and O–H groups in total. The molecule has 34 heavy (non-hydrogen) atoms. The third-order valence-electron chi connectivity index (χ3n) is 7.75. The van der Waals surface area contributed by atoms with Gasteiger partial charge in [-0.2, -0.15) is 0 Å². The normalized spacial score (nSPS) is 13.9. The van der Waals surface area contributed by atoms with Crippen molar-refractivity contribution in [3.05, 3.63) is 136 Å². The monoisotopic (exact) mass is 650 g/mol. The summed E-state index contributed by atoms with van der Waals surface area (Å²) in [4.78, 5) is 0. The first-order chi connectivity index (χ1) is 15.7. The van der Waals surface area contributed by atoms with Crippen molar-refractivity contribution in [2.45, 2.75) is 12.8 Å². The molecule has 4 aromatic rings. The second-order valence-corrected chi connectivity index (χ2v) is 28.0. The van der Waals surface area contributed by atoms with Crippen LogP contribution in [0.3, 0.4) is 0 Å². The van der Waals surface area contributed by atoms with Gasteiger partial charge < -0.3 is 0 Å². The summed E-state index contributed by atoms with van der Waals surface area (Å²) in [6.07, 6.45) is 8.90. The molecule has 0 fully saturated rings. The van der Waals surface area contributed by atoms with Crippen molar-refractivity contribution in [2.24, 2.45) is 0 Å². The number of fused-ring (bicyclic) bond motifs is 3. The van der Waals surface area contributed by atoms with Crippen LogP contribution in [0.25, 0.3) is 11.1 Å². The van der Waals surface area contributed by atoms with Crippen LogP contribution in [0.5, 0.6) is 0 Å². The SMILES string of the molecule is Cl.Cl.[CH2]=[Hf]([C]1=CC=CC1)([c]1ccccc1)([c]1ccccc1)[c]1cccc2c1Cc1ccccc1-2. The maximum atomic E-state index is 5.45. The van der Waals surface area contributed by atoms with Crippen molar-refractivity contribution in [3.63, 3.8) is 0 Å². The van der Waals surface area contributed by atoms with Crippen molar-refractivity contribution in [2.75, 3.05) is 0 Å². The topological polar surface area (TPSA) is 0 Å². The molecular weight excluding hydrogens is 622 g/mol. The van der Waals surface area contributed by atoms with Crippen molar-refractivity contribution in [1.82, 2.24) is 0 Å². The Morgan fingerprint density at radius 3 is 1.82 bits per heavy atom. The van der Waals surface area contributed by atoms with Gasteiger partial charge in [-0.25, -0.2) is 0 Å². The molecule has 0 bridgehead atoms. The molecule has 0 unspecified atom stereocenters. The Bertz CT molecular complexity index is 1420. The molecule has 2 aliphatic rings. The third kappa shape index (κ3) is 3.33. The molecule has 0 saturated heterocycles. The van der Waals surface area contributed by atoms with E-state index < -0.39 is 18.0 Å². The van der Waals surface area contributed by atoms with E-state index in [0.717, 1.165) is 12.8 Å². The molecule has 0 spiro atoms. The Morgan fingerprint density at radius 2 is 1.21 bits per heavy atom. The van der Waals surface area contributed by atoms with Gasteiger partial charge in [-0.1, -0.05) is 0 Å². The van der Waals surface area contributed by atoms with Crippen LogP contribution >= 0.6 is 24.8 Å². The summed E-state index contributed by atoms with van der Waals surface area (Å²) < 4.78 is 11.3. The maximum absolute atomic E-state index is 5.45. The van der Waals surface area contributed by atoms with Crippen LogP contribution in [-0.4, -0.2) is 4.26 Å². The molecule has 4 aromatic carbocycles. The van der Waals surface area contributed by atoms with Crippen LogP contribution in [0.15, 0.2) is 125 Å². The van der Waals surface area contributed by atoms with E-state index in [-0.39, 0.29) is 24.8 Å². The molecule has 6 rings (SSSR count). The first-order valence-electron chi connectivity index (χ1n) is 11.4. The van der Waals surface area contributed by atoms with Crippen LogP contribution in [0.1, 0.15) is 17.5 Å². The Hall–Kier alpha value is -2.32. The van der Waals surface area contributed by atoms with Gasteiger partial charge >= 0.3 is 192 Å². The molecule has 0 atom stereocenters. The first kappa shape index (κ1) is 24.8. The molecule has 170 valence electrons. The number of rotatable bonds is 4. The molecule has 2 aliphatic carbocycles. The van der Waals surface area contributed by atoms with Crippen molar-refractivity contribution in [1.29, 1.82) is 0 Å². The van der Waals surface area contributed by atoms with Crippen LogP contribution < -0.4 is 9.96 Å². The standard InChI is InChI=1S/C13H9.2C6H5.C5H5.CH2.2ClH.Hf/c1-3-7-12-10(5-1)9-11-6-2-4-8-13(11)12;2*1-2-4-6-5-3-1;1-2-4-5-3-1;;;;/h1-5,7-8H,9H2;2*1-5H;1-3H,4H2;1H2;2*1H;. The van der Waals surface area contributed by atoms with Crippen molar-refractivity contribution >= 4 is 39.0 Å². The second kappa shape index (κ2) is 9.38. The molecule has 0 amide bonds. The van der Waals surface area contributed by atoms with E-state index >= 15 is 0 Å². The predicted molar refractivity (Wildman–Crippen MR) is 150 cm³/mol. The zero-order valence-electron chi connectivity index (χ0n) is 19.0. The van der Waals surface area contributed by atoms with Gasteiger partial charge in [-0.15, -0.1) is 24.8 Å². The van der Waals surface area contributed by atoms with Gasteiger partial charge in [0.2, 0.25) is 0 Å². The first-order valence-corrected chi connectivity index (χ1v) is 21.1. The van der Waals surface area contributed by atoms with E-state index in [4.69, 9.17) is 4.26 Å². The Morgan fingerprint density at radius 1 is 0.618 bits per heavy atom. The summed E-state index contributed by atoms with van der Waals surface area (Å²) >= 11 is -4.59. The van der Waals surface area contributed by atoms with E-state index in [1.807, 2.05) is 0 Å². The summed E-state index contributed by atoms with van der Waals surface area (Å²) in [6, 6.07) is 38.3. The zero-order chi connectivity index (χ0) is 21.6. The van der Waals surface area contributed by atoms with Gasteiger partial charge in [-0.3, -0.25) is 0 Å². The summed E-state index contributed by atoms with van der Waals surface area (Å²) in [5, 5.41) is 0.